The Balaban J connectivity index is 1.99. The summed E-state index contributed by atoms with van der Waals surface area (Å²) in [6, 6.07) is 1.78. The molecule has 1 N–H and O–H groups in total. The first-order valence-electron chi connectivity index (χ1n) is 7.07. The molecule has 0 fully saturated rings. The van der Waals surface area contributed by atoms with Crippen LogP contribution in [0, 0.1) is 0 Å². The van der Waals surface area contributed by atoms with E-state index in [0.29, 0.717) is 0 Å². The number of alkyl halides is 6. The molecule has 0 saturated heterocycles. The number of carbonyl (C=O) groups is 1. The molecule has 0 spiro atoms. The van der Waals surface area contributed by atoms with Gasteiger partial charge in [-0.1, -0.05) is 0 Å². The summed E-state index contributed by atoms with van der Waals surface area (Å²) in [5, 5.41) is 11.4. The quantitative estimate of drug-likeness (QED) is 0.255. The van der Waals surface area contributed by atoms with Crippen molar-refractivity contribution in [3.05, 3.63) is 67.8 Å². The van der Waals surface area contributed by atoms with Crippen LogP contribution in [-0.4, -0.2) is 10.9 Å². The lowest BCUT2D eigenvalue weighted by atomic mass is 10.2. The van der Waals surface area contributed by atoms with Crippen molar-refractivity contribution in [2.24, 2.45) is 0 Å². The molecule has 0 bridgehead atoms. The second kappa shape index (κ2) is 8.13. The molecule has 0 unspecified atom stereocenters. The predicted octanol–water partition coefficient (Wildman–Crippen LogP) is 6.58. The molecule has 0 aliphatic rings. The Bertz CT molecular complexity index is 897. The number of hydrogen-bond donors (Lipinski definition) is 1. The van der Waals surface area contributed by atoms with Crippen molar-refractivity contribution in [2.75, 3.05) is 0 Å². The summed E-state index contributed by atoms with van der Waals surface area (Å²) in [5.74, 6) is -1.20. The number of aliphatic hydroxyl groups excluding tert-OH is 1. The van der Waals surface area contributed by atoms with Crippen LogP contribution in [0.1, 0.15) is 20.9 Å². The molecule has 10 heteroatoms. The van der Waals surface area contributed by atoms with Gasteiger partial charge in [0, 0.05) is 26.6 Å². The van der Waals surface area contributed by atoms with Gasteiger partial charge in [-0.2, -0.15) is 26.3 Å². The molecule has 2 rings (SSSR count). The minimum atomic E-state index is -4.47. The number of aliphatic hydroxyl groups is 1. The zero-order valence-electron chi connectivity index (χ0n) is 13.1. The van der Waals surface area contributed by atoms with Crippen molar-refractivity contribution < 1.29 is 36.2 Å². The van der Waals surface area contributed by atoms with Gasteiger partial charge in [0.05, 0.1) is 11.1 Å². The van der Waals surface area contributed by atoms with E-state index in [1.807, 2.05) is 0 Å². The number of rotatable bonds is 5. The predicted molar refractivity (Wildman–Crippen MR) is 92.4 cm³/mol. The van der Waals surface area contributed by atoms with Gasteiger partial charge in [-0.05, 0) is 36.4 Å². The Morgan fingerprint density at radius 1 is 0.852 bits per heavy atom. The smallest absolute Gasteiger partial charge is 0.417 e. The van der Waals surface area contributed by atoms with E-state index in [-0.39, 0.29) is 9.75 Å². The third-order valence-corrected chi connectivity index (χ3v) is 4.81. The molecule has 0 aliphatic heterocycles. The highest BCUT2D eigenvalue weighted by molar-refractivity contribution is 7.11. The molecule has 2 aromatic heterocycles. The van der Waals surface area contributed by atoms with Crippen molar-refractivity contribution >= 4 is 40.6 Å². The number of ketones is 1. The van der Waals surface area contributed by atoms with E-state index in [1.54, 1.807) is 0 Å². The zero-order chi connectivity index (χ0) is 20.2. The van der Waals surface area contributed by atoms with Crippen LogP contribution in [0.5, 0.6) is 0 Å². The lowest BCUT2D eigenvalue weighted by Crippen LogP contribution is -2.01. The standard InChI is InChI=1S/C17H10F6O2S2/c18-16(19,20)10-5-14(26-8-10)3-1-12(24)7-13(25)2-4-15-6-11(9-27-15)17(21,22)23/h1-9,24H/b3-1+,4-2+,12-7+. The van der Waals surface area contributed by atoms with Crippen LogP contribution in [0.2, 0.25) is 0 Å². The number of thiophene rings is 2. The van der Waals surface area contributed by atoms with Gasteiger partial charge < -0.3 is 5.11 Å². The highest BCUT2D eigenvalue weighted by atomic mass is 32.1. The van der Waals surface area contributed by atoms with Crippen LogP contribution in [0.25, 0.3) is 12.2 Å². The molecule has 2 nitrogen and oxygen atoms in total. The van der Waals surface area contributed by atoms with E-state index >= 15 is 0 Å². The average molecular weight is 424 g/mol. The summed E-state index contributed by atoms with van der Waals surface area (Å²) in [5.41, 5.74) is -1.64. The molecule has 0 aromatic carbocycles. The van der Waals surface area contributed by atoms with E-state index in [1.165, 1.54) is 12.2 Å². The van der Waals surface area contributed by atoms with E-state index in [9.17, 15) is 36.2 Å². The van der Waals surface area contributed by atoms with E-state index in [0.717, 1.165) is 63.8 Å². The van der Waals surface area contributed by atoms with Crippen LogP contribution < -0.4 is 0 Å². The van der Waals surface area contributed by atoms with Gasteiger partial charge in [-0.15, -0.1) is 22.7 Å². The van der Waals surface area contributed by atoms with Crippen molar-refractivity contribution in [3.8, 4) is 0 Å². The molecule has 27 heavy (non-hydrogen) atoms. The monoisotopic (exact) mass is 424 g/mol. The maximum atomic E-state index is 12.5. The molecule has 144 valence electrons. The third-order valence-electron chi connectivity index (χ3n) is 3.01. The Morgan fingerprint density at radius 2 is 1.30 bits per heavy atom. The second-order valence-electron chi connectivity index (χ2n) is 5.11. The third kappa shape index (κ3) is 6.40. The van der Waals surface area contributed by atoms with Gasteiger partial charge in [-0.3, -0.25) is 4.79 Å². The van der Waals surface area contributed by atoms with Crippen molar-refractivity contribution in [1.82, 2.24) is 0 Å². The summed E-state index contributed by atoms with van der Waals surface area (Å²) < 4.78 is 74.8. The summed E-state index contributed by atoms with van der Waals surface area (Å²) in [6.45, 7) is 0. The fourth-order valence-corrected chi connectivity index (χ4v) is 3.36. The first-order valence-corrected chi connectivity index (χ1v) is 8.83. The average Bonchev–Trinajstić information content (AvgIpc) is 3.19. The molecular formula is C17H10F6O2S2. The maximum Gasteiger partial charge on any atom is 0.417 e. The lowest BCUT2D eigenvalue weighted by Gasteiger charge is -2.00. The van der Waals surface area contributed by atoms with Gasteiger partial charge in [0.25, 0.3) is 0 Å². The second-order valence-corrected chi connectivity index (χ2v) is 6.99. The Kier molecular flexibility index (Phi) is 6.32. The molecule has 2 aromatic rings. The molecule has 0 radical (unpaired) electrons. The van der Waals surface area contributed by atoms with Crippen molar-refractivity contribution in [3.63, 3.8) is 0 Å². The summed E-state index contributed by atoms with van der Waals surface area (Å²) in [6.07, 6.45) is -3.74. The van der Waals surface area contributed by atoms with Crippen LogP contribution in [0.3, 0.4) is 0 Å². The maximum absolute atomic E-state index is 12.5. The molecule has 0 amide bonds. The zero-order valence-corrected chi connectivity index (χ0v) is 14.8. The summed E-state index contributed by atoms with van der Waals surface area (Å²) in [4.78, 5) is 12.1. The minimum Gasteiger partial charge on any atom is -0.508 e. The Labute approximate surface area is 157 Å². The van der Waals surface area contributed by atoms with Crippen LogP contribution in [0.15, 0.2) is 46.9 Å². The van der Waals surface area contributed by atoms with Crippen LogP contribution in [-0.2, 0) is 17.1 Å². The highest BCUT2D eigenvalue weighted by Gasteiger charge is 2.32. The Morgan fingerprint density at radius 3 is 1.70 bits per heavy atom. The van der Waals surface area contributed by atoms with Gasteiger partial charge >= 0.3 is 12.4 Å². The number of carbonyl (C=O) groups excluding carboxylic acids is 1. The SMILES string of the molecule is O=C(/C=C/c1cc(C(F)(F)F)cs1)/C=C(O)\C=C\c1cc(C(F)(F)F)cs1. The minimum absolute atomic E-state index is 0.206. The van der Waals surface area contributed by atoms with Gasteiger partial charge in [0.2, 0.25) is 0 Å². The lowest BCUT2D eigenvalue weighted by molar-refractivity contribution is -0.138. The summed E-state index contributed by atoms with van der Waals surface area (Å²) >= 11 is 1.62. The highest BCUT2D eigenvalue weighted by Crippen LogP contribution is 2.34. The molecule has 0 atom stereocenters. The van der Waals surface area contributed by atoms with E-state index < -0.39 is 35.0 Å². The van der Waals surface area contributed by atoms with Crippen LogP contribution >= 0.6 is 22.7 Å². The van der Waals surface area contributed by atoms with Gasteiger partial charge in [0.1, 0.15) is 5.76 Å². The number of hydrogen-bond acceptors (Lipinski definition) is 4. The molecule has 0 saturated carbocycles. The van der Waals surface area contributed by atoms with Gasteiger partial charge in [-0.25, -0.2) is 0 Å². The fraction of sp³-hybridized carbons (Fsp3) is 0.118. The topological polar surface area (TPSA) is 37.3 Å². The molecular weight excluding hydrogens is 414 g/mol. The van der Waals surface area contributed by atoms with E-state index in [4.69, 9.17) is 0 Å². The van der Waals surface area contributed by atoms with Gasteiger partial charge in [0.15, 0.2) is 5.78 Å². The Hall–Kier alpha value is -2.33. The number of halogens is 6. The molecule has 2 heterocycles. The largest absolute Gasteiger partial charge is 0.508 e. The fourth-order valence-electron chi connectivity index (χ4n) is 1.75. The molecule has 0 aliphatic carbocycles. The summed E-state index contributed by atoms with van der Waals surface area (Å²) in [7, 11) is 0. The number of allylic oxidation sites excluding steroid dienone is 3. The first-order chi connectivity index (χ1) is 12.4. The van der Waals surface area contributed by atoms with E-state index in [2.05, 4.69) is 0 Å². The normalized spacial score (nSPS) is 13.8. The van der Waals surface area contributed by atoms with Crippen molar-refractivity contribution in [1.29, 1.82) is 0 Å². The first kappa shape index (κ1) is 21.0. The van der Waals surface area contributed by atoms with Crippen molar-refractivity contribution in [2.45, 2.75) is 12.4 Å². The van der Waals surface area contributed by atoms with Crippen LogP contribution in [0.4, 0.5) is 26.3 Å².